The molecular formula is C14H17ClN2S. The molecule has 0 saturated carbocycles. The van der Waals surface area contributed by atoms with Gasteiger partial charge in [0, 0.05) is 23.7 Å². The molecule has 2 N–H and O–H groups in total. The van der Waals surface area contributed by atoms with Gasteiger partial charge < -0.3 is 5.73 Å². The Morgan fingerprint density at radius 3 is 2.67 bits per heavy atom. The zero-order valence-corrected chi connectivity index (χ0v) is 12.2. The summed E-state index contributed by atoms with van der Waals surface area (Å²) in [6, 6.07) is 10.2. The minimum absolute atomic E-state index is 0.841. The summed E-state index contributed by atoms with van der Waals surface area (Å²) >= 11 is 7.56. The molecule has 2 rings (SSSR count). The first-order valence-electron chi connectivity index (χ1n) is 5.82. The minimum atomic E-state index is 0.841. The van der Waals surface area contributed by atoms with E-state index in [9.17, 15) is 0 Å². The Morgan fingerprint density at radius 2 is 2.00 bits per heavy atom. The van der Waals surface area contributed by atoms with Crippen molar-refractivity contribution >= 4 is 28.6 Å². The molecular weight excluding hydrogens is 264 g/mol. The third-order valence-electron chi connectivity index (χ3n) is 2.79. The lowest BCUT2D eigenvalue weighted by Gasteiger charge is -2.17. The van der Waals surface area contributed by atoms with Gasteiger partial charge in [0.05, 0.1) is 4.34 Å². The Balaban J connectivity index is 2.02. The second-order valence-electron chi connectivity index (χ2n) is 4.58. The fourth-order valence-corrected chi connectivity index (χ4v) is 3.09. The number of thiophene rings is 1. The van der Waals surface area contributed by atoms with Gasteiger partial charge in [0.15, 0.2) is 0 Å². The molecule has 0 aliphatic heterocycles. The molecule has 1 aromatic carbocycles. The smallest absolute Gasteiger partial charge is 0.0931 e. The molecule has 0 radical (unpaired) electrons. The van der Waals surface area contributed by atoms with E-state index in [2.05, 4.69) is 31.0 Å². The van der Waals surface area contributed by atoms with Crippen LogP contribution in [-0.2, 0) is 13.1 Å². The van der Waals surface area contributed by atoms with Crippen LogP contribution in [0.25, 0.3) is 0 Å². The summed E-state index contributed by atoms with van der Waals surface area (Å²) in [6.07, 6.45) is 0. The van der Waals surface area contributed by atoms with E-state index in [0.29, 0.717) is 0 Å². The normalized spacial score (nSPS) is 11.1. The second kappa shape index (κ2) is 5.74. The first-order chi connectivity index (χ1) is 8.54. The summed E-state index contributed by atoms with van der Waals surface area (Å²) in [5.41, 5.74) is 9.27. The molecule has 1 aromatic heterocycles. The van der Waals surface area contributed by atoms with Gasteiger partial charge in [-0.1, -0.05) is 29.3 Å². The number of nitrogens with zero attached hydrogens (tertiary/aromatic N) is 1. The van der Waals surface area contributed by atoms with E-state index >= 15 is 0 Å². The van der Waals surface area contributed by atoms with Crippen LogP contribution in [-0.4, -0.2) is 11.9 Å². The minimum Gasteiger partial charge on any atom is -0.398 e. The van der Waals surface area contributed by atoms with E-state index in [4.69, 9.17) is 17.3 Å². The predicted octanol–water partition coefficient (Wildman–Crippen LogP) is 3.92. The van der Waals surface area contributed by atoms with Crippen molar-refractivity contribution in [3.8, 4) is 0 Å². The van der Waals surface area contributed by atoms with E-state index in [0.717, 1.165) is 23.1 Å². The molecule has 4 heteroatoms. The molecule has 0 saturated heterocycles. The monoisotopic (exact) mass is 280 g/mol. The molecule has 0 bridgehead atoms. The van der Waals surface area contributed by atoms with Crippen LogP contribution < -0.4 is 5.73 Å². The number of rotatable bonds is 4. The van der Waals surface area contributed by atoms with Crippen LogP contribution in [0.1, 0.15) is 16.0 Å². The predicted molar refractivity (Wildman–Crippen MR) is 80.1 cm³/mol. The first kappa shape index (κ1) is 13.4. The van der Waals surface area contributed by atoms with Crippen LogP contribution in [0.15, 0.2) is 30.3 Å². The number of hydrogen-bond acceptors (Lipinski definition) is 3. The van der Waals surface area contributed by atoms with Gasteiger partial charge in [0.1, 0.15) is 0 Å². The van der Waals surface area contributed by atoms with Gasteiger partial charge in [-0.2, -0.15) is 0 Å². The van der Waals surface area contributed by atoms with Crippen molar-refractivity contribution in [2.24, 2.45) is 0 Å². The summed E-state index contributed by atoms with van der Waals surface area (Å²) < 4.78 is 0.841. The van der Waals surface area contributed by atoms with E-state index < -0.39 is 0 Å². The third-order valence-corrected chi connectivity index (χ3v) is 4.01. The van der Waals surface area contributed by atoms with Gasteiger partial charge in [-0.15, -0.1) is 11.3 Å². The summed E-state index contributed by atoms with van der Waals surface area (Å²) in [4.78, 5) is 3.52. The average molecular weight is 281 g/mol. The van der Waals surface area contributed by atoms with Gasteiger partial charge in [0.25, 0.3) is 0 Å². The molecule has 0 amide bonds. The van der Waals surface area contributed by atoms with Crippen LogP contribution in [0.2, 0.25) is 4.34 Å². The fraction of sp³-hybridized carbons (Fsp3) is 0.286. The van der Waals surface area contributed by atoms with E-state index in [1.54, 1.807) is 11.3 Å². The molecule has 0 fully saturated rings. The Morgan fingerprint density at radius 1 is 1.22 bits per heavy atom. The van der Waals surface area contributed by atoms with Gasteiger partial charge >= 0.3 is 0 Å². The zero-order valence-electron chi connectivity index (χ0n) is 10.6. The Hall–Kier alpha value is -1.03. The van der Waals surface area contributed by atoms with Crippen molar-refractivity contribution < 1.29 is 0 Å². The van der Waals surface area contributed by atoms with Gasteiger partial charge in [-0.3, -0.25) is 4.90 Å². The van der Waals surface area contributed by atoms with Crippen LogP contribution in [0, 0.1) is 6.92 Å². The van der Waals surface area contributed by atoms with Crippen molar-refractivity contribution in [2.45, 2.75) is 20.0 Å². The maximum absolute atomic E-state index is 5.99. The molecule has 1 heterocycles. The van der Waals surface area contributed by atoms with Crippen LogP contribution in [0.3, 0.4) is 0 Å². The highest BCUT2D eigenvalue weighted by Gasteiger charge is 2.06. The van der Waals surface area contributed by atoms with Crippen molar-refractivity contribution in [1.29, 1.82) is 0 Å². The van der Waals surface area contributed by atoms with Gasteiger partial charge in [0.2, 0.25) is 0 Å². The third kappa shape index (κ3) is 3.48. The maximum atomic E-state index is 5.99. The Kier molecular flexibility index (Phi) is 4.27. The molecule has 0 aliphatic rings. The molecule has 0 aliphatic carbocycles. The molecule has 2 aromatic rings. The number of aryl methyl sites for hydroxylation is 1. The lowest BCUT2D eigenvalue weighted by molar-refractivity contribution is 0.322. The second-order valence-corrected chi connectivity index (χ2v) is 6.38. The summed E-state index contributed by atoms with van der Waals surface area (Å²) in [7, 11) is 2.09. The van der Waals surface area contributed by atoms with Gasteiger partial charge in [-0.05, 0) is 37.7 Å². The number of nitrogens with two attached hydrogens (primary N) is 1. The number of halogens is 1. The highest BCUT2D eigenvalue weighted by Crippen LogP contribution is 2.23. The summed E-state index contributed by atoms with van der Waals surface area (Å²) in [5, 5.41) is 0. The van der Waals surface area contributed by atoms with Crippen LogP contribution >= 0.6 is 22.9 Å². The molecule has 0 spiro atoms. The van der Waals surface area contributed by atoms with Crippen molar-refractivity contribution in [1.82, 2.24) is 4.90 Å². The Labute approximate surface area is 117 Å². The molecule has 96 valence electrons. The fourth-order valence-electron chi connectivity index (χ4n) is 1.92. The largest absolute Gasteiger partial charge is 0.398 e. The molecule has 2 nitrogen and oxygen atoms in total. The summed E-state index contributed by atoms with van der Waals surface area (Å²) in [5.74, 6) is 0. The SMILES string of the molecule is Cc1ccc(N)c(CN(C)Cc2ccc(Cl)s2)c1. The number of nitrogen functional groups attached to an aromatic ring is 1. The lowest BCUT2D eigenvalue weighted by atomic mass is 10.1. The first-order valence-corrected chi connectivity index (χ1v) is 7.02. The van der Waals surface area contributed by atoms with Crippen molar-refractivity contribution in [2.75, 3.05) is 12.8 Å². The standard InChI is InChI=1S/C14H17ClN2S/c1-10-3-5-13(16)11(7-10)8-17(2)9-12-4-6-14(15)18-12/h3-7H,8-9,16H2,1-2H3. The number of benzene rings is 1. The van der Waals surface area contributed by atoms with Crippen molar-refractivity contribution in [3.63, 3.8) is 0 Å². The zero-order chi connectivity index (χ0) is 13.1. The average Bonchev–Trinajstić information content (AvgIpc) is 2.69. The lowest BCUT2D eigenvalue weighted by Crippen LogP contribution is -2.17. The summed E-state index contributed by atoms with van der Waals surface area (Å²) in [6.45, 7) is 3.83. The van der Waals surface area contributed by atoms with E-state index in [1.807, 2.05) is 18.2 Å². The number of hydrogen-bond donors (Lipinski definition) is 1. The maximum Gasteiger partial charge on any atom is 0.0931 e. The van der Waals surface area contributed by atoms with Gasteiger partial charge in [-0.25, -0.2) is 0 Å². The van der Waals surface area contributed by atoms with Crippen LogP contribution in [0.4, 0.5) is 5.69 Å². The Bertz CT molecular complexity index is 536. The molecule has 0 unspecified atom stereocenters. The van der Waals surface area contributed by atoms with Crippen LogP contribution in [0.5, 0.6) is 0 Å². The highest BCUT2D eigenvalue weighted by atomic mass is 35.5. The highest BCUT2D eigenvalue weighted by molar-refractivity contribution is 7.16. The van der Waals surface area contributed by atoms with E-state index in [-0.39, 0.29) is 0 Å². The topological polar surface area (TPSA) is 29.3 Å². The number of anilines is 1. The molecule has 0 atom stereocenters. The molecule has 18 heavy (non-hydrogen) atoms. The van der Waals surface area contributed by atoms with Crippen molar-refractivity contribution in [3.05, 3.63) is 50.7 Å². The van der Waals surface area contributed by atoms with E-state index in [1.165, 1.54) is 16.0 Å². The quantitative estimate of drug-likeness (QED) is 0.860.